The van der Waals surface area contributed by atoms with Gasteiger partial charge >= 0.3 is 0 Å². The van der Waals surface area contributed by atoms with E-state index >= 15 is 0 Å². The van der Waals surface area contributed by atoms with Crippen molar-refractivity contribution < 1.29 is 0 Å². The van der Waals surface area contributed by atoms with Gasteiger partial charge in [0.15, 0.2) is 0 Å². The van der Waals surface area contributed by atoms with Crippen LogP contribution in [0.3, 0.4) is 0 Å². The quantitative estimate of drug-likeness (QED) is 0.177. The molecule has 0 unspecified atom stereocenters. The maximum Gasteiger partial charge on any atom is 0.0572 e. The molecule has 0 aliphatic heterocycles. The molecule has 3 heterocycles. The summed E-state index contributed by atoms with van der Waals surface area (Å²) in [6.07, 6.45) is 13.5. The Bertz CT molecular complexity index is 3110. The van der Waals surface area contributed by atoms with Crippen LogP contribution in [-0.2, 0) is 11.8 Å². The summed E-state index contributed by atoms with van der Waals surface area (Å²) >= 11 is 0. The second kappa shape index (κ2) is 11.4. The van der Waals surface area contributed by atoms with Crippen molar-refractivity contribution in [3.8, 4) is 33.6 Å². The van der Waals surface area contributed by atoms with Gasteiger partial charge in [-0.1, -0.05) is 111 Å². The van der Waals surface area contributed by atoms with Crippen molar-refractivity contribution in [2.75, 3.05) is 0 Å². The minimum Gasteiger partial charge on any atom is -0.309 e. The molecule has 3 nitrogen and oxygen atoms in total. The third-order valence-electron chi connectivity index (χ3n) is 11.9. The van der Waals surface area contributed by atoms with Gasteiger partial charge in [0.2, 0.25) is 0 Å². The van der Waals surface area contributed by atoms with Crippen molar-refractivity contribution in [1.29, 1.82) is 0 Å². The van der Waals surface area contributed by atoms with Gasteiger partial charge in [-0.25, -0.2) is 0 Å². The molecule has 9 aromatic rings. The highest BCUT2D eigenvalue weighted by atomic mass is 15.0. The van der Waals surface area contributed by atoms with Gasteiger partial charge in [-0.2, -0.15) is 0 Å². The van der Waals surface area contributed by atoms with E-state index in [1.54, 1.807) is 0 Å². The van der Waals surface area contributed by atoms with Crippen LogP contribution in [0.5, 0.6) is 0 Å². The van der Waals surface area contributed by atoms with E-state index in [9.17, 15) is 0 Å². The molecule has 2 aliphatic rings. The first-order valence-corrected chi connectivity index (χ1v) is 18.8. The van der Waals surface area contributed by atoms with Crippen molar-refractivity contribution in [3.05, 3.63) is 193 Å². The van der Waals surface area contributed by atoms with Crippen LogP contribution in [-0.4, -0.2) is 14.1 Å². The molecule has 0 amide bonds. The summed E-state index contributed by atoms with van der Waals surface area (Å²) in [6.45, 7) is 9.25. The van der Waals surface area contributed by atoms with Gasteiger partial charge in [0, 0.05) is 50.7 Å². The molecule has 0 radical (unpaired) electrons. The molecule has 3 heteroatoms. The predicted octanol–water partition coefficient (Wildman–Crippen LogP) is 12.9. The predicted molar refractivity (Wildman–Crippen MR) is 227 cm³/mol. The maximum atomic E-state index is 4.72. The molecule has 11 rings (SSSR count). The van der Waals surface area contributed by atoms with Crippen LogP contribution in [0.4, 0.5) is 0 Å². The molecule has 0 atom stereocenters. The second-order valence-corrected chi connectivity index (χ2v) is 15.2. The van der Waals surface area contributed by atoms with E-state index in [4.69, 9.17) is 4.98 Å². The third kappa shape index (κ3) is 4.27. The van der Waals surface area contributed by atoms with E-state index in [1.807, 2.05) is 6.20 Å². The van der Waals surface area contributed by atoms with Gasteiger partial charge < -0.3 is 9.13 Å². The smallest absolute Gasteiger partial charge is 0.0572 e. The summed E-state index contributed by atoms with van der Waals surface area (Å²) in [5.41, 5.74) is 18.3. The summed E-state index contributed by atoms with van der Waals surface area (Å²) in [5, 5.41) is 4.94. The summed E-state index contributed by atoms with van der Waals surface area (Å²) in [7, 11) is 0. The molecule has 3 aromatic heterocycles. The number of hydrogen-bond donors (Lipinski definition) is 0. The summed E-state index contributed by atoms with van der Waals surface area (Å²) < 4.78 is 4.83. The van der Waals surface area contributed by atoms with Crippen LogP contribution in [0.1, 0.15) is 36.1 Å². The Labute approximate surface area is 314 Å². The van der Waals surface area contributed by atoms with Gasteiger partial charge in [-0.3, -0.25) is 4.98 Å². The molecule has 0 bridgehead atoms. The van der Waals surface area contributed by atoms with E-state index in [0.717, 1.165) is 28.9 Å². The molecule has 0 N–H and O–H groups in total. The van der Waals surface area contributed by atoms with Gasteiger partial charge in [-0.05, 0) is 117 Å². The van der Waals surface area contributed by atoms with Gasteiger partial charge in [0.25, 0.3) is 0 Å². The lowest BCUT2D eigenvalue weighted by molar-refractivity contribution is 0.666. The van der Waals surface area contributed by atoms with E-state index in [0.29, 0.717) is 0 Å². The fraction of sp³-hybridized carbons (Fsp3) is 0.0784. The van der Waals surface area contributed by atoms with Crippen molar-refractivity contribution in [2.24, 2.45) is 0 Å². The van der Waals surface area contributed by atoms with Gasteiger partial charge in [-0.15, -0.1) is 0 Å². The van der Waals surface area contributed by atoms with E-state index < -0.39 is 0 Å². The summed E-state index contributed by atoms with van der Waals surface area (Å²) in [4.78, 5) is 4.72. The number of para-hydroxylation sites is 2. The van der Waals surface area contributed by atoms with E-state index in [-0.39, 0.29) is 5.41 Å². The lowest BCUT2D eigenvalue weighted by atomic mass is 9.78. The maximum absolute atomic E-state index is 4.72. The Morgan fingerprint density at radius 2 is 1.31 bits per heavy atom. The highest BCUT2D eigenvalue weighted by Gasteiger charge is 2.39. The van der Waals surface area contributed by atoms with Crippen molar-refractivity contribution in [1.82, 2.24) is 14.1 Å². The SMILES string of the molecule is C=C1/C=C\C=C/Cc2cc3c(cc2-c2ccccc21)C(C)(C)c1c-3ccc2c1c1cnccc1n2-c1ccc2c(c1)c1ccccc1n2-c1ccccc1. The Morgan fingerprint density at radius 3 is 2.20 bits per heavy atom. The zero-order valence-corrected chi connectivity index (χ0v) is 30.3. The minimum atomic E-state index is -0.252. The zero-order valence-electron chi connectivity index (χ0n) is 30.3. The number of fused-ring (bicyclic) bond motifs is 13. The highest BCUT2D eigenvalue weighted by Crippen LogP contribution is 2.55. The van der Waals surface area contributed by atoms with Gasteiger partial charge in [0.1, 0.15) is 0 Å². The van der Waals surface area contributed by atoms with E-state index in [1.165, 1.54) is 82.6 Å². The number of hydrogen-bond acceptors (Lipinski definition) is 1. The largest absolute Gasteiger partial charge is 0.309 e. The molecule has 0 spiro atoms. The summed E-state index contributed by atoms with van der Waals surface area (Å²) in [5.74, 6) is 0. The molecule has 0 saturated heterocycles. The van der Waals surface area contributed by atoms with Crippen molar-refractivity contribution in [3.63, 3.8) is 0 Å². The first-order valence-electron chi connectivity index (χ1n) is 18.8. The fourth-order valence-corrected chi connectivity index (χ4v) is 9.53. The topological polar surface area (TPSA) is 22.8 Å². The lowest BCUT2D eigenvalue weighted by Gasteiger charge is -2.24. The standard InChI is InChI=1S/C51H37N3/c1-32-14-6-4-7-15-33-28-41-39-23-25-48-49(50(39)51(2,3)44(41)30-40(33)37-19-11-10-18-36(32)37)43-31-52-27-26-47(43)54(48)35-22-24-46-42(29-35)38-20-12-13-21-45(38)53(46)34-16-8-5-9-17-34/h4-14,16-31H,1,15H2,2-3H3/b7-4-,14-6-. The van der Waals surface area contributed by atoms with Crippen LogP contribution in [0.2, 0.25) is 0 Å². The van der Waals surface area contributed by atoms with Crippen LogP contribution in [0.15, 0.2) is 171 Å². The molecular weight excluding hydrogens is 655 g/mol. The lowest BCUT2D eigenvalue weighted by Crippen LogP contribution is -2.16. The first kappa shape index (κ1) is 30.9. The van der Waals surface area contributed by atoms with Crippen LogP contribution >= 0.6 is 0 Å². The number of nitrogens with zero attached hydrogens (tertiary/aromatic N) is 3. The van der Waals surface area contributed by atoms with Crippen LogP contribution in [0, 0.1) is 0 Å². The Kier molecular flexibility index (Phi) is 6.51. The Morgan fingerprint density at radius 1 is 0.574 bits per heavy atom. The Hall–Kier alpha value is -6.71. The molecular formula is C51H37N3. The molecule has 0 fully saturated rings. The van der Waals surface area contributed by atoms with Crippen molar-refractivity contribution >= 4 is 49.2 Å². The molecule has 6 aromatic carbocycles. The minimum absolute atomic E-state index is 0.252. The average Bonchev–Trinajstić information content (AvgIpc) is 3.80. The first-order chi connectivity index (χ1) is 26.5. The number of benzene rings is 6. The Balaban J connectivity index is 1.16. The average molecular weight is 692 g/mol. The molecule has 0 saturated carbocycles. The molecule has 54 heavy (non-hydrogen) atoms. The number of rotatable bonds is 2. The van der Waals surface area contributed by atoms with Crippen molar-refractivity contribution in [2.45, 2.75) is 25.7 Å². The van der Waals surface area contributed by atoms with Crippen LogP contribution < -0.4 is 0 Å². The second-order valence-electron chi connectivity index (χ2n) is 15.2. The van der Waals surface area contributed by atoms with Crippen LogP contribution in [0.25, 0.3) is 82.8 Å². The molecule has 256 valence electrons. The zero-order chi connectivity index (χ0) is 36.1. The number of allylic oxidation sites excluding steroid dienone is 5. The van der Waals surface area contributed by atoms with Gasteiger partial charge in [0.05, 0.1) is 22.1 Å². The highest BCUT2D eigenvalue weighted by molar-refractivity contribution is 6.15. The number of pyridine rings is 1. The monoisotopic (exact) mass is 691 g/mol. The fourth-order valence-electron chi connectivity index (χ4n) is 9.53. The number of aromatic nitrogens is 3. The third-order valence-corrected chi connectivity index (χ3v) is 11.9. The normalized spacial score (nSPS) is 15.6. The molecule has 2 aliphatic carbocycles. The van der Waals surface area contributed by atoms with E-state index in [2.05, 4.69) is 187 Å². The summed E-state index contributed by atoms with van der Waals surface area (Å²) in [6, 6.07) is 46.9.